The van der Waals surface area contributed by atoms with Gasteiger partial charge in [-0.25, -0.2) is 9.67 Å². The second-order valence-electron chi connectivity index (χ2n) is 5.23. The molecule has 0 saturated carbocycles. The number of carbonyl (C=O) groups excluding carboxylic acids is 1. The summed E-state index contributed by atoms with van der Waals surface area (Å²) in [7, 11) is 0. The SMILES string of the molecule is CCCn1ncnc1CN1CCCC(C(=O)OCC)C1. The maximum Gasteiger partial charge on any atom is 0.310 e. The lowest BCUT2D eigenvalue weighted by Crippen LogP contribution is -2.39. The number of piperidine rings is 1. The molecule has 6 heteroatoms. The molecule has 1 aromatic heterocycles. The monoisotopic (exact) mass is 280 g/mol. The zero-order valence-electron chi connectivity index (χ0n) is 12.4. The summed E-state index contributed by atoms with van der Waals surface area (Å²) in [5.74, 6) is 0.926. The molecule has 1 atom stereocenters. The zero-order valence-corrected chi connectivity index (χ0v) is 12.4. The van der Waals surface area contributed by atoms with Gasteiger partial charge in [-0.3, -0.25) is 9.69 Å². The molecule has 1 saturated heterocycles. The Bertz CT molecular complexity index is 433. The average Bonchev–Trinajstić information content (AvgIpc) is 2.87. The number of likely N-dealkylation sites (tertiary alicyclic amines) is 1. The van der Waals surface area contributed by atoms with Gasteiger partial charge in [0.1, 0.15) is 12.2 Å². The molecule has 2 heterocycles. The first-order valence-electron chi connectivity index (χ1n) is 7.50. The van der Waals surface area contributed by atoms with E-state index in [1.54, 1.807) is 6.33 Å². The van der Waals surface area contributed by atoms with Crippen LogP contribution in [-0.4, -0.2) is 45.3 Å². The van der Waals surface area contributed by atoms with E-state index < -0.39 is 0 Å². The van der Waals surface area contributed by atoms with E-state index in [9.17, 15) is 4.79 Å². The highest BCUT2D eigenvalue weighted by Crippen LogP contribution is 2.19. The van der Waals surface area contributed by atoms with Crippen LogP contribution in [0.1, 0.15) is 38.9 Å². The van der Waals surface area contributed by atoms with Crippen molar-refractivity contribution in [3.8, 4) is 0 Å². The molecular formula is C14H24N4O2. The Hall–Kier alpha value is -1.43. The van der Waals surface area contributed by atoms with Crippen molar-refractivity contribution >= 4 is 5.97 Å². The Kier molecular flexibility index (Phi) is 5.52. The fraction of sp³-hybridized carbons (Fsp3) is 0.786. The first kappa shape index (κ1) is 15.0. The van der Waals surface area contributed by atoms with Crippen molar-refractivity contribution in [2.75, 3.05) is 19.7 Å². The predicted octanol–water partition coefficient (Wildman–Crippen LogP) is 1.46. The van der Waals surface area contributed by atoms with Crippen LogP contribution in [-0.2, 0) is 22.6 Å². The fourth-order valence-corrected chi connectivity index (χ4v) is 2.66. The van der Waals surface area contributed by atoms with Crippen LogP contribution >= 0.6 is 0 Å². The minimum atomic E-state index is -0.0628. The molecule has 20 heavy (non-hydrogen) atoms. The lowest BCUT2D eigenvalue weighted by atomic mass is 9.98. The quantitative estimate of drug-likeness (QED) is 0.738. The molecule has 2 rings (SSSR count). The van der Waals surface area contributed by atoms with Gasteiger partial charge in [0, 0.05) is 13.1 Å². The molecular weight excluding hydrogens is 256 g/mol. The molecule has 0 radical (unpaired) electrons. The molecule has 0 aliphatic carbocycles. The topological polar surface area (TPSA) is 60.2 Å². The second-order valence-corrected chi connectivity index (χ2v) is 5.23. The standard InChI is InChI=1S/C14H24N4O2/c1-3-7-18-13(15-11-16-18)10-17-8-5-6-12(9-17)14(19)20-4-2/h11-12H,3-10H2,1-2H3. The third-order valence-electron chi connectivity index (χ3n) is 3.62. The Morgan fingerprint density at radius 3 is 3.10 bits per heavy atom. The largest absolute Gasteiger partial charge is 0.466 e. The van der Waals surface area contributed by atoms with Crippen molar-refractivity contribution in [2.24, 2.45) is 5.92 Å². The molecule has 0 N–H and O–H groups in total. The molecule has 1 unspecified atom stereocenters. The van der Waals surface area contributed by atoms with Crippen LogP contribution in [0.5, 0.6) is 0 Å². The van der Waals surface area contributed by atoms with E-state index in [2.05, 4.69) is 21.9 Å². The van der Waals surface area contributed by atoms with Crippen molar-refractivity contribution in [3.05, 3.63) is 12.2 Å². The van der Waals surface area contributed by atoms with Gasteiger partial charge in [-0.15, -0.1) is 0 Å². The molecule has 6 nitrogen and oxygen atoms in total. The number of aromatic nitrogens is 3. The molecule has 1 aliphatic heterocycles. The third kappa shape index (κ3) is 3.79. The molecule has 1 aliphatic rings. The summed E-state index contributed by atoms with van der Waals surface area (Å²) in [6, 6.07) is 0. The minimum Gasteiger partial charge on any atom is -0.466 e. The van der Waals surface area contributed by atoms with E-state index in [0.717, 1.165) is 51.3 Å². The number of ether oxygens (including phenoxy) is 1. The first-order valence-corrected chi connectivity index (χ1v) is 7.50. The van der Waals surface area contributed by atoms with E-state index in [-0.39, 0.29) is 11.9 Å². The Morgan fingerprint density at radius 2 is 2.35 bits per heavy atom. The number of rotatable bonds is 6. The zero-order chi connectivity index (χ0) is 14.4. The van der Waals surface area contributed by atoms with Gasteiger partial charge in [0.2, 0.25) is 0 Å². The molecule has 1 fully saturated rings. The Morgan fingerprint density at radius 1 is 1.50 bits per heavy atom. The summed E-state index contributed by atoms with van der Waals surface area (Å²) in [5, 5.41) is 4.24. The van der Waals surface area contributed by atoms with Crippen molar-refractivity contribution in [1.82, 2.24) is 19.7 Å². The van der Waals surface area contributed by atoms with Crippen molar-refractivity contribution in [3.63, 3.8) is 0 Å². The van der Waals surface area contributed by atoms with Crippen LogP contribution in [0.15, 0.2) is 6.33 Å². The van der Waals surface area contributed by atoms with Gasteiger partial charge in [0.05, 0.1) is 19.1 Å². The highest BCUT2D eigenvalue weighted by molar-refractivity contribution is 5.72. The lowest BCUT2D eigenvalue weighted by molar-refractivity contribution is -0.150. The van der Waals surface area contributed by atoms with Gasteiger partial charge in [0.15, 0.2) is 0 Å². The van der Waals surface area contributed by atoms with Crippen LogP contribution in [0.3, 0.4) is 0 Å². The third-order valence-corrected chi connectivity index (χ3v) is 3.62. The number of aryl methyl sites for hydroxylation is 1. The fourth-order valence-electron chi connectivity index (χ4n) is 2.66. The number of nitrogens with zero attached hydrogens (tertiary/aromatic N) is 4. The van der Waals surface area contributed by atoms with Gasteiger partial charge in [0.25, 0.3) is 0 Å². The van der Waals surface area contributed by atoms with E-state index in [0.29, 0.717) is 6.61 Å². The molecule has 0 bridgehead atoms. The normalized spacial score (nSPS) is 20.0. The summed E-state index contributed by atoms with van der Waals surface area (Å²) in [6.07, 6.45) is 4.61. The predicted molar refractivity (Wildman–Crippen MR) is 74.9 cm³/mol. The highest BCUT2D eigenvalue weighted by atomic mass is 16.5. The Labute approximate surface area is 120 Å². The smallest absolute Gasteiger partial charge is 0.310 e. The van der Waals surface area contributed by atoms with E-state index in [1.165, 1.54) is 0 Å². The molecule has 0 aromatic carbocycles. The Balaban J connectivity index is 1.92. The molecule has 1 aromatic rings. The molecule has 0 spiro atoms. The minimum absolute atomic E-state index is 0.00578. The molecule has 0 amide bonds. The number of hydrogen-bond acceptors (Lipinski definition) is 5. The maximum atomic E-state index is 11.8. The average molecular weight is 280 g/mol. The number of esters is 1. The first-order chi connectivity index (χ1) is 9.74. The summed E-state index contributed by atoms with van der Waals surface area (Å²) < 4.78 is 7.08. The second kappa shape index (κ2) is 7.38. The molecule has 112 valence electrons. The van der Waals surface area contributed by atoms with E-state index in [1.807, 2.05) is 11.6 Å². The van der Waals surface area contributed by atoms with Gasteiger partial charge in [-0.2, -0.15) is 5.10 Å². The number of hydrogen-bond donors (Lipinski definition) is 0. The van der Waals surface area contributed by atoms with E-state index >= 15 is 0 Å². The van der Waals surface area contributed by atoms with Crippen molar-refractivity contribution in [2.45, 2.75) is 46.2 Å². The van der Waals surface area contributed by atoms with Crippen LogP contribution in [0, 0.1) is 5.92 Å². The van der Waals surface area contributed by atoms with Crippen LogP contribution in [0.25, 0.3) is 0 Å². The van der Waals surface area contributed by atoms with Crippen LogP contribution in [0.2, 0.25) is 0 Å². The van der Waals surface area contributed by atoms with Crippen molar-refractivity contribution < 1.29 is 9.53 Å². The van der Waals surface area contributed by atoms with E-state index in [4.69, 9.17) is 4.74 Å². The van der Waals surface area contributed by atoms with Gasteiger partial charge in [-0.1, -0.05) is 6.92 Å². The summed E-state index contributed by atoms with van der Waals surface area (Å²) in [6.45, 7) is 7.86. The lowest BCUT2D eigenvalue weighted by Gasteiger charge is -2.31. The van der Waals surface area contributed by atoms with Gasteiger partial charge in [-0.05, 0) is 32.7 Å². The number of carbonyl (C=O) groups is 1. The summed E-state index contributed by atoms with van der Waals surface area (Å²) in [4.78, 5) is 18.4. The van der Waals surface area contributed by atoms with Crippen LogP contribution < -0.4 is 0 Å². The van der Waals surface area contributed by atoms with Gasteiger partial charge >= 0.3 is 5.97 Å². The summed E-state index contributed by atoms with van der Waals surface area (Å²) in [5.41, 5.74) is 0. The van der Waals surface area contributed by atoms with Gasteiger partial charge < -0.3 is 4.74 Å². The van der Waals surface area contributed by atoms with Crippen molar-refractivity contribution in [1.29, 1.82) is 0 Å². The van der Waals surface area contributed by atoms with Crippen LogP contribution in [0.4, 0.5) is 0 Å². The maximum absolute atomic E-state index is 11.8. The summed E-state index contributed by atoms with van der Waals surface area (Å²) >= 11 is 0. The highest BCUT2D eigenvalue weighted by Gasteiger charge is 2.27.